The summed E-state index contributed by atoms with van der Waals surface area (Å²) in [6.07, 6.45) is 18.2. The Bertz CT molecular complexity index is 705. The SMILES string of the molecule is CCCCCCCCCCCCCCCCCC([O-])=NC[C@H](COc1ccccc1)OP(=O)([O-])O.[Na+].[Na+]. The normalized spacial score (nSPS) is 13.8. The number of hydrogen-bond donors (Lipinski definition) is 1. The quantitative estimate of drug-likeness (QED) is 0.0663. The number of unbranched alkanes of at least 4 members (excludes halogenated alkanes) is 14. The Kier molecular flexibility index (Phi) is 28.8. The van der Waals surface area contributed by atoms with Gasteiger partial charge < -0.3 is 29.1 Å². The third kappa shape index (κ3) is 26.6. The first-order valence-electron chi connectivity index (χ1n) is 13.5. The number of nitrogens with zero attached hydrogens (tertiary/aromatic N) is 1. The van der Waals surface area contributed by atoms with E-state index in [9.17, 15) is 14.6 Å². The maximum atomic E-state index is 12.0. The van der Waals surface area contributed by atoms with Gasteiger partial charge in [0, 0.05) is 0 Å². The van der Waals surface area contributed by atoms with Crippen molar-refractivity contribution in [3.63, 3.8) is 0 Å². The molecule has 1 aromatic rings. The van der Waals surface area contributed by atoms with Crippen LogP contribution in [0.4, 0.5) is 0 Å². The Balaban J connectivity index is 0. The molecule has 0 aliphatic rings. The number of ether oxygens (including phenoxy) is 1. The van der Waals surface area contributed by atoms with Gasteiger partial charge in [0.05, 0.1) is 6.54 Å². The molecule has 37 heavy (non-hydrogen) atoms. The number of phosphoric ester groups is 1. The average Bonchev–Trinajstić information content (AvgIpc) is 2.83. The van der Waals surface area contributed by atoms with E-state index in [-0.39, 0.29) is 78.2 Å². The van der Waals surface area contributed by atoms with Crippen molar-refractivity contribution in [2.75, 3.05) is 13.2 Å². The van der Waals surface area contributed by atoms with Crippen LogP contribution in [0.3, 0.4) is 0 Å². The fourth-order valence-corrected chi connectivity index (χ4v) is 4.45. The zero-order chi connectivity index (χ0) is 25.6. The van der Waals surface area contributed by atoms with Crippen LogP contribution in [0.25, 0.3) is 0 Å². The largest absolute Gasteiger partial charge is 1.00 e. The van der Waals surface area contributed by atoms with E-state index in [1.165, 1.54) is 77.0 Å². The molecule has 0 saturated carbocycles. The smallest absolute Gasteiger partial charge is 0.862 e. The number of phosphoric acid groups is 1. The van der Waals surface area contributed by atoms with Crippen LogP contribution in [0.1, 0.15) is 110 Å². The fourth-order valence-electron chi connectivity index (χ4n) is 3.94. The van der Waals surface area contributed by atoms with Crippen LogP contribution in [-0.2, 0) is 9.09 Å². The molecule has 0 radical (unpaired) electrons. The van der Waals surface area contributed by atoms with Crippen molar-refractivity contribution in [3.8, 4) is 5.75 Å². The number of para-hydroxylation sites is 1. The standard InChI is InChI=1S/C27H48NO6P.2Na/c1-2-3-4-5-6-7-8-9-10-11-12-13-14-15-19-22-27(29)28-23-26(34-35(30,31)32)24-33-25-20-17-16-18-21-25;;/h16-18,20-21,26H,2-15,19,22-24H2,1H3,(H,28,29)(H2,30,31,32);;/q;2*+1/p-2/t26-;;/m1../s1. The summed E-state index contributed by atoms with van der Waals surface area (Å²) in [4.78, 5) is 24.0. The van der Waals surface area contributed by atoms with E-state index >= 15 is 0 Å². The minimum Gasteiger partial charge on any atom is -0.862 e. The van der Waals surface area contributed by atoms with Gasteiger partial charge in [0.15, 0.2) is 0 Å². The summed E-state index contributed by atoms with van der Waals surface area (Å²) in [6, 6.07) is 8.81. The first kappa shape index (κ1) is 39.7. The predicted molar refractivity (Wildman–Crippen MR) is 138 cm³/mol. The number of aliphatic imine (C=N–C) groups is 1. The third-order valence-corrected chi connectivity index (χ3v) is 6.49. The summed E-state index contributed by atoms with van der Waals surface area (Å²) in [5, 5.41) is 12.0. The van der Waals surface area contributed by atoms with Crippen molar-refractivity contribution >= 4 is 13.7 Å². The van der Waals surface area contributed by atoms with Gasteiger partial charge >= 0.3 is 59.1 Å². The van der Waals surface area contributed by atoms with Crippen LogP contribution >= 0.6 is 7.82 Å². The molecule has 0 heterocycles. The fraction of sp³-hybridized carbons (Fsp3) is 0.741. The van der Waals surface area contributed by atoms with Gasteiger partial charge in [-0.15, -0.1) is 0 Å². The topological polar surface area (TPSA) is 114 Å². The van der Waals surface area contributed by atoms with Crippen LogP contribution in [0.2, 0.25) is 0 Å². The molecule has 1 unspecified atom stereocenters. The van der Waals surface area contributed by atoms with Crippen molar-refractivity contribution < 1.29 is 87.8 Å². The van der Waals surface area contributed by atoms with E-state index in [2.05, 4.69) is 16.4 Å². The molecule has 0 fully saturated rings. The zero-order valence-electron chi connectivity index (χ0n) is 23.6. The van der Waals surface area contributed by atoms with Crippen LogP contribution in [-0.4, -0.2) is 30.0 Å². The summed E-state index contributed by atoms with van der Waals surface area (Å²) in [7, 11) is -4.96. The number of benzene rings is 1. The van der Waals surface area contributed by atoms with Gasteiger partial charge in [-0.1, -0.05) is 115 Å². The Morgan fingerprint density at radius 1 is 0.865 bits per heavy atom. The van der Waals surface area contributed by atoms with E-state index in [1.807, 2.05) is 6.07 Å². The average molecular weight is 558 g/mol. The van der Waals surface area contributed by atoms with E-state index in [0.29, 0.717) is 12.2 Å². The van der Waals surface area contributed by atoms with Crippen molar-refractivity contribution in [2.24, 2.45) is 4.99 Å². The number of rotatable bonds is 23. The molecule has 0 saturated heterocycles. The molecule has 1 aromatic carbocycles. The first-order chi connectivity index (χ1) is 16.9. The van der Waals surface area contributed by atoms with Crippen molar-refractivity contribution in [1.82, 2.24) is 0 Å². The molecule has 1 N–H and O–H groups in total. The van der Waals surface area contributed by atoms with Crippen LogP contribution in [0, 0.1) is 0 Å². The second kappa shape index (κ2) is 26.8. The second-order valence-electron chi connectivity index (χ2n) is 9.25. The van der Waals surface area contributed by atoms with E-state index < -0.39 is 13.9 Å². The summed E-state index contributed by atoms with van der Waals surface area (Å²) in [5.41, 5.74) is 0. The molecule has 7 nitrogen and oxygen atoms in total. The Morgan fingerprint density at radius 2 is 1.32 bits per heavy atom. The van der Waals surface area contributed by atoms with Gasteiger partial charge in [-0.25, -0.2) is 0 Å². The van der Waals surface area contributed by atoms with Gasteiger partial charge in [-0.3, -0.25) is 4.57 Å². The molecule has 202 valence electrons. The van der Waals surface area contributed by atoms with Crippen LogP contribution in [0.15, 0.2) is 35.3 Å². The molecule has 0 aliphatic carbocycles. The van der Waals surface area contributed by atoms with Gasteiger partial charge in [0.25, 0.3) is 7.82 Å². The summed E-state index contributed by atoms with van der Waals surface area (Å²) in [6.45, 7) is 1.93. The van der Waals surface area contributed by atoms with E-state index in [4.69, 9.17) is 9.63 Å². The summed E-state index contributed by atoms with van der Waals surface area (Å²) >= 11 is 0. The molecule has 0 aromatic heterocycles. The van der Waals surface area contributed by atoms with Crippen molar-refractivity contribution in [1.29, 1.82) is 0 Å². The molecule has 1 rings (SSSR count). The van der Waals surface area contributed by atoms with Crippen molar-refractivity contribution in [3.05, 3.63) is 30.3 Å². The monoisotopic (exact) mass is 557 g/mol. The Labute approximate surface area is 269 Å². The van der Waals surface area contributed by atoms with E-state index in [1.54, 1.807) is 24.3 Å². The third-order valence-electron chi connectivity index (χ3n) is 5.93. The van der Waals surface area contributed by atoms with E-state index in [0.717, 1.165) is 19.3 Å². The molecule has 0 aliphatic heterocycles. The predicted octanol–water partition coefficient (Wildman–Crippen LogP) is -0.0604. The number of hydrogen-bond acceptors (Lipinski definition) is 6. The summed E-state index contributed by atoms with van der Waals surface area (Å²) in [5.74, 6) is 0.246. The van der Waals surface area contributed by atoms with Crippen LogP contribution < -0.4 is 73.9 Å². The molecular formula is C27H46NNa2O6P. The van der Waals surface area contributed by atoms with Gasteiger partial charge in [-0.05, 0) is 30.9 Å². The Hall–Kier alpha value is 0.600. The van der Waals surface area contributed by atoms with Gasteiger partial charge in [-0.2, -0.15) is 0 Å². The Morgan fingerprint density at radius 3 is 1.78 bits per heavy atom. The molecule has 0 amide bonds. The minimum absolute atomic E-state index is 0. The second-order valence-corrected chi connectivity index (χ2v) is 10.4. The van der Waals surface area contributed by atoms with Crippen LogP contribution in [0.5, 0.6) is 5.75 Å². The van der Waals surface area contributed by atoms with Gasteiger partial charge in [0.1, 0.15) is 18.5 Å². The maximum absolute atomic E-state index is 12.0. The first-order valence-corrected chi connectivity index (χ1v) is 15.0. The molecule has 0 spiro atoms. The summed E-state index contributed by atoms with van der Waals surface area (Å²) < 4.78 is 21.2. The minimum atomic E-state index is -4.96. The molecule has 0 bridgehead atoms. The zero-order valence-corrected chi connectivity index (χ0v) is 28.5. The van der Waals surface area contributed by atoms with Crippen molar-refractivity contribution in [2.45, 2.75) is 116 Å². The molecule has 2 atom stereocenters. The maximum Gasteiger partial charge on any atom is 1.00 e. The molecule has 10 heteroatoms. The molecular weight excluding hydrogens is 511 g/mol. The van der Waals surface area contributed by atoms with Gasteiger partial charge in [0.2, 0.25) is 0 Å².